The van der Waals surface area contributed by atoms with E-state index in [4.69, 9.17) is 0 Å². The summed E-state index contributed by atoms with van der Waals surface area (Å²) in [6.45, 7) is 8.08. The summed E-state index contributed by atoms with van der Waals surface area (Å²) in [5.41, 5.74) is 2.30. The molecule has 100 valence electrons. The fraction of sp³-hybridized carbons (Fsp3) is 0.667. The number of aromatic nitrogens is 2. The lowest BCUT2D eigenvalue weighted by atomic mass is 9.91. The summed E-state index contributed by atoms with van der Waals surface area (Å²) >= 11 is 0. The highest BCUT2D eigenvalue weighted by Gasteiger charge is 2.16. The molecule has 0 radical (unpaired) electrons. The number of unbranched alkanes of at least 4 members (excludes halogenated alkanes) is 1. The molecule has 1 heterocycles. The summed E-state index contributed by atoms with van der Waals surface area (Å²) in [7, 11) is 0. The van der Waals surface area contributed by atoms with E-state index >= 15 is 0 Å². The third-order valence-corrected chi connectivity index (χ3v) is 3.42. The molecule has 3 heteroatoms. The van der Waals surface area contributed by atoms with Gasteiger partial charge in [0.1, 0.15) is 0 Å². The van der Waals surface area contributed by atoms with E-state index in [9.17, 15) is 4.79 Å². The lowest BCUT2D eigenvalue weighted by Crippen LogP contribution is -2.11. The number of hydrogen-bond donors (Lipinski definition) is 0. The molecule has 3 nitrogen and oxygen atoms in total. The summed E-state index contributed by atoms with van der Waals surface area (Å²) in [6.07, 6.45) is 5.26. The minimum Gasteiger partial charge on any atom is -0.294 e. The summed E-state index contributed by atoms with van der Waals surface area (Å²) in [5.74, 6) is 0.721. The van der Waals surface area contributed by atoms with Crippen LogP contribution in [0.15, 0.2) is 6.07 Å². The van der Waals surface area contributed by atoms with Crippen molar-refractivity contribution in [2.24, 2.45) is 5.92 Å². The van der Waals surface area contributed by atoms with Gasteiger partial charge in [-0.3, -0.25) is 4.79 Å². The number of nitrogens with zero attached hydrogens (tertiary/aromatic N) is 2. The largest absolute Gasteiger partial charge is 0.294 e. The van der Waals surface area contributed by atoms with E-state index in [1.54, 1.807) is 0 Å². The van der Waals surface area contributed by atoms with Gasteiger partial charge in [-0.15, -0.1) is 0 Å². The molecule has 1 rings (SSSR count). The molecule has 0 fully saturated rings. The first kappa shape index (κ1) is 14.8. The molecule has 0 saturated heterocycles. The van der Waals surface area contributed by atoms with Crippen molar-refractivity contribution in [2.75, 3.05) is 0 Å². The lowest BCUT2D eigenvalue weighted by molar-refractivity contribution is 0.0955. The van der Waals surface area contributed by atoms with Crippen molar-refractivity contribution in [3.8, 4) is 0 Å². The SMILES string of the molecule is CCCCC(CC)CC(=O)c1cc(C)nnc1C. The van der Waals surface area contributed by atoms with Gasteiger partial charge in [0.05, 0.1) is 11.4 Å². The Morgan fingerprint density at radius 3 is 2.61 bits per heavy atom. The third kappa shape index (κ3) is 4.21. The zero-order valence-corrected chi connectivity index (χ0v) is 12.0. The van der Waals surface area contributed by atoms with Crippen LogP contribution in [-0.2, 0) is 0 Å². The van der Waals surface area contributed by atoms with E-state index < -0.39 is 0 Å². The summed E-state index contributed by atoms with van der Waals surface area (Å²) in [4.78, 5) is 12.3. The molecule has 0 N–H and O–H groups in total. The molecule has 0 aliphatic rings. The minimum absolute atomic E-state index is 0.216. The monoisotopic (exact) mass is 248 g/mol. The van der Waals surface area contributed by atoms with Gasteiger partial charge >= 0.3 is 0 Å². The molecular weight excluding hydrogens is 224 g/mol. The summed E-state index contributed by atoms with van der Waals surface area (Å²) in [5, 5.41) is 7.99. The van der Waals surface area contributed by atoms with Gasteiger partial charge in [-0.05, 0) is 25.8 Å². The Kier molecular flexibility index (Phi) is 5.96. The maximum atomic E-state index is 12.3. The maximum absolute atomic E-state index is 12.3. The first-order chi connectivity index (χ1) is 8.58. The second kappa shape index (κ2) is 7.24. The predicted molar refractivity (Wildman–Crippen MR) is 73.8 cm³/mol. The van der Waals surface area contributed by atoms with Crippen LogP contribution in [0.3, 0.4) is 0 Å². The van der Waals surface area contributed by atoms with Gasteiger partial charge in [0, 0.05) is 12.0 Å². The molecule has 1 aromatic rings. The molecule has 0 aromatic carbocycles. The summed E-state index contributed by atoms with van der Waals surface area (Å²) in [6, 6.07) is 1.86. The van der Waals surface area contributed by atoms with Gasteiger partial charge in [0.15, 0.2) is 5.78 Å². The van der Waals surface area contributed by atoms with Gasteiger partial charge in [-0.25, -0.2) is 0 Å². The molecule has 1 unspecified atom stereocenters. The number of hydrogen-bond acceptors (Lipinski definition) is 3. The molecule has 0 amide bonds. The number of carbonyl (C=O) groups excluding carboxylic acids is 1. The van der Waals surface area contributed by atoms with Gasteiger partial charge in [-0.1, -0.05) is 39.5 Å². The van der Waals surface area contributed by atoms with E-state index in [1.807, 2.05) is 19.9 Å². The quantitative estimate of drug-likeness (QED) is 0.688. The maximum Gasteiger partial charge on any atom is 0.165 e. The van der Waals surface area contributed by atoms with Crippen molar-refractivity contribution in [2.45, 2.75) is 59.8 Å². The Morgan fingerprint density at radius 2 is 2.00 bits per heavy atom. The number of aryl methyl sites for hydroxylation is 2. The van der Waals surface area contributed by atoms with E-state index in [2.05, 4.69) is 24.0 Å². The number of rotatable bonds is 7. The predicted octanol–water partition coefficient (Wildman–Crippen LogP) is 3.88. The van der Waals surface area contributed by atoms with E-state index in [0.717, 1.165) is 29.8 Å². The van der Waals surface area contributed by atoms with Crippen LogP contribution in [0.25, 0.3) is 0 Å². The molecule has 1 aromatic heterocycles. The third-order valence-electron chi connectivity index (χ3n) is 3.42. The van der Waals surface area contributed by atoms with Crippen molar-refractivity contribution >= 4 is 5.78 Å². The Morgan fingerprint density at radius 1 is 1.28 bits per heavy atom. The van der Waals surface area contributed by atoms with Crippen LogP contribution in [0.4, 0.5) is 0 Å². The normalized spacial score (nSPS) is 12.4. The van der Waals surface area contributed by atoms with Crippen molar-refractivity contribution in [3.63, 3.8) is 0 Å². The Bertz CT molecular complexity index is 401. The smallest absolute Gasteiger partial charge is 0.165 e. The van der Waals surface area contributed by atoms with E-state index in [0.29, 0.717) is 12.3 Å². The Hall–Kier alpha value is -1.25. The summed E-state index contributed by atoms with van der Waals surface area (Å²) < 4.78 is 0. The molecule has 0 aliphatic heterocycles. The van der Waals surface area contributed by atoms with Crippen molar-refractivity contribution < 1.29 is 4.79 Å². The zero-order chi connectivity index (χ0) is 13.5. The fourth-order valence-corrected chi connectivity index (χ4v) is 2.15. The first-order valence-electron chi connectivity index (χ1n) is 6.92. The van der Waals surface area contributed by atoms with Gasteiger partial charge in [0.2, 0.25) is 0 Å². The van der Waals surface area contributed by atoms with Crippen molar-refractivity contribution in [1.82, 2.24) is 10.2 Å². The number of Topliss-reactive ketones (excluding diaryl/α,β-unsaturated/α-hetero) is 1. The highest BCUT2D eigenvalue weighted by atomic mass is 16.1. The standard InChI is InChI=1S/C15H24N2O/c1-5-7-8-13(6-2)10-15(18)14-9-11(3)16-17-12(14)4/h9,13H,5-8,10H2,1-4H3. The molecule has 0 bridgehead atoms. The van der Waals surface area contributed by atoms with Crippen LogP contribution >= 0.6 is 0 Å². The van der Waals surface area contributed by atoms with Gasteiger partial charge in [0.25, 0.3) is 0 Å². The van der Waals surface area contributed by atoms with Crippen LogP contribution in [-0.4, -0.2) is 16.0 Å². The van der Waals surface area contributed by atoms with Crippen LogP contribution in [0.1, 0.15) is 67.7 Å². The fourth-order valence-electron chi connectivity index (χ4n) is 2.15. The molecular formula is C15H24N2O. The second-order valence-electron chi connectivity index (χ2n) is 5.03. The average molecular weight is 248 g/mol. The van der Waals surface area contributed by atoms with Crippen LogP contribution < -0.4 is 0 Å². The lowest BCUT2D eigenvalue weighted by Gasteiger charge is -2.14. The van der Waals surface area contributed by atoms with E-state index in [1.165, 1.54) is 12.8 Å². The zero-order valence-electron chi connectivity index (χ0n) is 12.0. The van der Waals surface area contributed by atoms with Gasteiger partial charge in [-0.2, -0.15) is 10.2 Å². The highest BCUT2D eigenvalue weighted by Crippen LogP contribution is 2.20. The molecule has 0 saturated carbocycles. The Balaban J connectivity index is 2.71. The van der Waals surface area contributed by atoms with Crippen molar-refractivity contribution in [1.29, 1.82) is 0 Å². The first-order valence-corrected chi connectivity index (χ1v) is 6.92. The number of ketones is 1. The topological polar surface area (TPSA) is 42.9 Å². The number of carbonyl (C=O) groups is 1. The molecule has 18 heavy (non-hydrogen) atoms. The van der Waals surface area contributed by atoms with E-state index in [-0.39, 0.29) is 5.78 Å². The average Bonchev–Trinajstić information content (AvgIpc) is 2.37. The van der Waals surface area contributed by atoms with Gasteiger partial charge < -0.3 is 0 Å². The minimum atomic E-state index is 0.216. The van der Waals surface area contributed by atoms with Crippen LogP contribution in [0.5, 0.6) is 0 Å². The van der Waals surface area contributed by atoms with Crippen LogP contribution in [0.2, 0.25) is 0 Å². The molecule has 0 spiro atoms. The van der Waals surface area contributed by atoms with Crippen LogP contribution in [0, 0.1) is 19.8 Å². The Labute approximate surface area is 110 Å². The molecule has 1 atom stereocenters. The second-order valence-corrected chi connectivity index (χ2v) is 5.03. The van der Waals surface area contributed by atoms with Crippen molar-refractivity contribution in [3.05, 3.63) is 23.0 Å². The highest BCUT2D eigenvalue weighted by molar-refractivity contribution is 5.97. The molecule has 0 aliphatic carbocycles.